The molecule has 1 aliphatic rings. The summed E-state index contributed by atoms with van der Waals surface area (Å²) in [5.74, 6) is 0. The monoisotopic (exact) mass is 253 g/mol. The van der Waals surface area contributed by atoms with Crippen LogP contribution in [-0.4, -0.2) is 14.5 Å². The minimum Gasteiger partial charge on any atom is -0.208 e. The van der Waals surface area contributed by atoms with E-state index in [-0.39, 0.29) is 6.04 Å². The molecule has 0 amide bonds. The second-order valence-corrected chi connectivity index (χ2v) is 6.36. The molecule has 2 rings (SSSR count). The van der Waals surface area contributed by atoms with Crippen molar-refractivity contribution in [1.82, 2.24) is 4.72 Å². The Morgan fingerprint density at radius 3 is 2.41 bits per heavy atom. The molecule has 17 heavy (non-hydrogen) atoms. The number of hydrogen-bond acceptors (Lipinski definition) is 2. The van der Waals surface area contributed by atoms with Crippen LogP contribution in [0.3, 0.4) is 0 Å². The molecule has 0 heterocycles. The van der Waals surface area contributed by atoms with Crippen LogP contribution in [0.25, 0.3) is 0 Å². The number of hydrogen-bond donors (Lipinski definition) is 1. The van der Waals surface area contributed by atoms with Crippen molar-refractivity contribution in [2.24, 2.45) is 0 Å². The van der Waals surface area contributed by atoms with E-state index in [1.807, 2.05) is 12.1 Å². The lowest BCUT2D eigenvalue weighted by Crippen LogP contribution is -2.25. The van der Waals surface area contributed by atoms with Crippen LogP contribution in [0.4, 0.5) is 0 Å². The zero-order valence-corrected chi connectivity index (χ0v) is 11.0. The van der Waals surface area contributed by atoms with Crippen LogP contribution in [-0.2, 0) is 16.4 Å². The van der Waals surface area contributed by atoms with Crippen molar-refractivity contribution < 1.29 is 8.42 Å². The molecule has 94 valence electrons. The zero-order chi connectivity index (χ0) is 12.3. The summed E-state index contributed by atoms with van der Waals surface area (Å²) in [4.78, 5) is 0.379. The van der Waals surface area contributed by atoms with Crippen molar-refractivity contribution in [3.63, 3.8) is 0 Å². The molecule has 0 aliphatic heterocycles. The van der Waals surface area contributed by atoms with E-state index in [0.717, 1.165) is 32.1 Å². The van der Waals surface area contributed by atoms with Gasteiger partial charge in [0.25, 0.3) is 0 Å². The first-order valence-electron chi connectivity index (χ1n) is 6.23. The van der Waals surface area contributed by atoms with Gasteiger partial charge in [-0.15, -0.1) is 0 Å². The van der Waals surface area contributed by atoms with Crippen LogP contribution in [0.5, 0.6) is 0 Å². The van der Waals surface area contributed by atoms with Gasteiger partial charge in [-0.05, 0) is 43.4 Å². The summed E-state index contributed by atoms with van der Waals surface area (Å²) in [7, 11) is -3.28. The van der Waals surface area contributed by atoms with Crippen LogP contribution >= 0.6 is 0 Å². The number of nitrogens with one attached hydrogen (secondary N) is 1. The molecule has 0 atom stereocenters. The molecule has 1 aromatic carbocycles. The predicted molar refractivity (Wildman–Crippen MR) is 68.4 cm³/mol. The fourth-order valence-electron chi connectivity index (χ4n) is 1.70. The maximum Gasteiger partial charge on any atom is 0.240 e. The third-order valence-electron chi connectivity index (χ3n) is 2.95. The van der Waals surface area contributed by atoms with Crippen molar-refractivity contribution in [2.45, 2.75) is 50.0 Å². The van der Waals surface area contributed by atoms with E-state index in [0.29, 0.717) is 4.90 Å². The molecule has 4 heteroatoms. The van der Waals surface area contributed by atoms with Gasteiger partial charge < -0.3 is 0 Å². The highest BCUT2D eigenvalue weighted by Gasteiger charge is 2.27. The summed E-state index contributed by atoms with van der Waals surface area (Å²) in [6.07, 6.45) is 5.25. The van der Waals surface area contributed by atoms with Gasteiger partial charge >= 0.3 is 0 Å². The molecule has 1 aromatic rings. The summed E-state index contributed by atoms with van der Waals surface area (Å²) in [6.45, 7) is 2.15. The molecule has 1 saturated carbocycles. The van der Waals surface area contributed by atoms with Gasteiger partial charge in [0.2, 0.25) is 10.0 Å². The summed E-state index contributed by atoms with van der Waals surface area (Å²) in [5, 5.41) is 0. The molecule has 1 N–H and O–H groups in total. The average Bonchev–Trinajstić information content (AvgIpc) is 3.10. The third-order valence-corrected chi connectivity index (χ3v) is 4.49. The molecule has 1 aliphatic carbocycles. The lowest BCUT2D eigenvalue weighted by atomic mass is 10.1. The Labute approximate surface area is 103 Å². The number of rotatable bonds is 6. The van der Waals surface area contributed by atoms with Crippen molar-refractivity contribution in [3.05, 3.63) is 29.8 Å². The van der Waals surface area contributed by atoms with Gasteiger partial charge in [0.1, 0.15) is 0 Å². The Kier molecular flexibility index (Phi) is 3.84. The Morgan fingerprint density at radius 2 is 1.88 bits per heavy atom. The molecule has 0 unspecified atom stereocenters. The van der Waals surface area contributed by atoms with Gasteiger partial charge in [-0.2, -0.15) is 0 Å². The largest absolute Gasteiger partial charge is 0.240 e. The first-order valence-corrected chi connectivity index (χ1v) is 7.71. The smallest absolute Gasteiger partial charge is 0.208 e. The van der Waals surface area contributed by atoms with E-state index >= 15 is 0 Å². The standard InChI is InChI=1S/C13H19NO2S/c1-2-3-4-11-5-9-13(10-6-11)17(15,16)14-12-7-8-12/h5-6,9-10,12,14H,2-4,7-8H2,1H3. The summed E-state index contributed by atoms with van der Waals surface area (Å²) >= 11 is 0. The topological polar surface area (TPSA) is 46.2 Å². The molecule has 0 radical (unpaired) electrons. The van der Waals surface area contributed by atoms with Gasteiger partial charge in [-0.1, -0.05) is 25.5 Å². The Hall–Kier alpha value is -0.870. The molecule has 0 bridgehead atoms. The van der Waals surface area contributed by atoms with Gasteiger partial charge in [-0.25, -0.2) is 13.1 Å². The van der Waals surface area contributed by atoms with Crippen LogP contribution in [0, 0.1) is 0 Å². The van der Waals surface area contributed by atoms with Crippen molar-refractivity contribution in [2.75, 3.05) is 0 Å². The molecule has 3 nitrogen and oxygen atoms in total. The Morgan fingerprint density at radius 1 is 1.24 bits per heavy atom. The molecular formula is C13H19NO2S. The third kappa shape index (κ3) is 3.54. The minimum absolute atomic E-state index is 0.166. The fraction of sp³-hybridized carbons (Fsp3) is 0.538. The van der Waals surface area contributed by atoms with Gasteiger partial charge in [-0.3, -0.25) is 0 Å². The highest BCUT2D eigenvalue weighted by Crippen LogP contribution is 2.22. The lowest BCUT2D eigenvalue weighted by Gasteiger charge is -2.06. The van der Waals surface area contributed by atoms with Gasteiger partial charge in [0.15, 0.2) is 0 Å². The van der Waals surface area contributed by atoms with E-state index in [2.05, 4.69) is 11.6 Å². The number of sulfonamides is 1. The van der Waals surface area contributed by atoms with Crippen LogP contribution in [0.15, 0.2) is 29.2 Å². The summed E-state index contributed by atoms with van der Waals surface area (Å²) in [5.41, 5.74) is 1.21. The van der Waals surface area contributed by atoms with E-state index in [1.165, 1.54) is 5.56 Å². The first kappa shape index (κ1) is 12.6. The zero-order valence-electron chi connectivity index (χ0n) is 10.1. The second kappa shape index (κ2) is 5.19. The minimum atomic E-state index is -3.28. The van der Waals surface area contributed by atoms with Crippen LogP contribution < -0.4 is 4.72 Å². The molecule has 1 fully saturated rings. The quantitative estimate of drug-likeness (QED) is 0.846. The second-order valence-electron chi connectivity index (χ2n) is 4.64. The summed E-state index contributed by atoms with van der Waals surface area (Å²) in [6, 6.07) is 7.40. The van der Waals surface area contributed by atoms with Crippen molar-refractivity contribution in [1.29, 1.82) is 0 Å². The lowest BCUT2D eigenvalue weighted by molar-refractivity contribution is 0.581. The number of benzene rings is 1. The van der Waals surface area contributed by atoms with Crippen LogP contribution in [0.1, 0.15) is 38.2 Å². The fourth-order valence-corrected chi connectivity index (χ4v) is 3.01. The SMILES string of the molecule is CCCCc1ccc(S(=O)(=O)NC2CC2)cc1. The van der Waals surface area contributed by atoms with Gasteiger partial charge in [0, 0.05) is 6.04 Å². The normalized spacial score (nSPS) is 16.1. The van der Waals surface area contributed by atoms with E-state index in [1.54, 1.807) is 12.1 Å². The van der Waals surface area contributed by atoms with E-state index in [9.17, 15) is 8.42 Å². The van der Waals surface area contributed by atoms with Crippen molar-refractivity contribution >= 4 is 10.0 Å². The molecule has 0 aromatic heterocycles. The molecule has 0 saturated heterocycles. The maximum absolute atomic E-state index is 11.9. The molecular weight excluding hydrogens is 234 g/mol. The average molecular weight is 253 g/mol. The maximum atomic E-state index is 11.9. The first-order chi connectivity index (χ1) is 8.12. The van der Waals surface area contributed by atoms with E-state index in [4.69, 9.17) is 0 Å². The molecule has 0 spiro atoms. The highest BCUT2D eigenvalue weighted by atomic mass is 32.2. The Bertz CT molecular complexity index is 461. The van der Waals surface area contributed by atoms with Gasteiger partial charge in [0.05, 0.1) is 4.90 Å². The van der Waals surface area contributed by atoms with E-state index < -0.39 is 10.0 Å². The number of unbranched alkanes of at least 4 members (excludes halogenated alkanes) is 1. The highest BCUT2D eigenvalue weighted by molar-refractivity contribution is 7.89. The predicted octanol–water partition coefficient (Wildman–Crippen LogP) is 2.47. The van der Waals surface area contributed by atoms with Crippen molar-refractivity contribution in [3.8, 4) is 0 Å². The Balaban J connectivity index is 2.05. The summed E-state index contributed by atoms with van der Waals surface area (Å²) < 4.78 is 26.5. The van der Waals surface area contributed by atoms with Crippen LogP contribution in [0.2, 0.25) is 0 Å². The number of aryl methyl sites for hydroxylation is 1.